The molecule has 35 heavy (non-hydrogen) atoms. The Kier molecular flexibility index (Phi) is 9.53. The van der Waals surface area contributed by atoms with Crippen molar-refractivity contribution < 1.29 is 27.5 Å². The number of unbranched alkanes of at least 4 members (excludes halogenated alkanes) is 1. The van der Waals surface area contributed by atoms with E-state index in [2.05, 4.69) is 31.2 Å². The van der Waals surface area contributed by atoms with Crippen LogP contribution in [0.2, 0.25) is 0 Å². The second-order valence-electron chi connectivity index (χ2n) is 9.50. The van der Waals surface area contributed by atoms with Crippen LogP contribution in [-0.2, 0) is 33.3 Å². The summed E-state index contributed by atoms with van der Waals surface area (Å²) >= 11 is 0. The Hall–Kier alpha value is -2.63. The highest BCUT2D eigenvalue weighted by Gasteiger charge is 2.37. The summed E-state index contributed by atoms with van der Waals surface area (Å²) < 4.78 is 44.5. The zero-order valence-corrected chi connectivity index (χ0v) is 20.6. The number of hydrogen-bond acceptors (Lipinski definition) is 3. The Morgan fingerprint density at radius 2 is 1.66 bits per heavy atom. The quantitative estimate of drug-likeness (QED) is 0.260. The molecule has 0 aliphatic heterocycles. The Bertz CT molecular complexity index is 973. The van der Waals surface area contributed by atoms with E-state index < -0.39 is 23.6 Å². The van der Waals surface area contributed by atoms with Gasteiger partial charge in [-0.15, -0.1) is 0 Å². The van der Waals surface area contributed by atoms with Crippen LogP contribution < -0.4 is 0 Å². The second kappa shape index (κ2) is 12.4. The largest absolute Gasteiger partial charge is 0.465 e. The van der Waals surface area contributed by atoms with E-state index in [0.717, 1.165) is 31.4 Å². The minimum atomic E-state index is -4.48. The van der Waals surface area contributed by atoms with Crippen LogP contribution in [0, 0.1) is 11.8 Å². The van der Waals surface area contributed by atoms with Gasteiger partial charge in [0, 0.05) is 5.92 Å². The third-order valence-electron chi connectivity index (χ3n) is 7.01. The Morgan fingerprint density at radius 1 is 0.971 bits per heavy atom. The topological polar surface area (TPSA) is 43.4 Å². The third kappa shape index (κ3) is 7.42. The number of Topliss-reactive ketones (excluding diaryl/α,β-unsaturated/α-hetero) is 1. The van der Waals surface area contributed by atoms with Crippen LogP contribution in [0.25, 0.3) is 0 Å². The summed E-state index contributed by atoms with van der Waals surface area (Å²) in [5, 5.41) is 0. The van der Waals surface area contributed by atoms with E-state index in [0.29, 0.717) is 24.3 Å². The number of rotatable bonds is 10. The van der Waals surface area contributed by atoms with Gasteiger partial charge < -0.3 is 4.74 Å². The molecule has 1 fully saturated rings. The van der Waals surface area contributed by atoms with Crippen LogP contribution in [0.15, 0.2) is 48.5 Å². The molecule has 0 bridgehead atoms. The first-order valence-corrected chi connectivity index (χ1v) is 12.7. The molecule has 190 valence electrons. The first kappa shape index (κ1) is 27.0. The average molecular weight is 489 g/mol. The number of alkyl halides is 3. The van der Waals surface area contributed by atoms with Crippen LogP contribution in [-0.4, -0.2) is 18.4 Å². The van der Waals surface area contributed by atoms with E-state index in [4.69, 9.17) is 4.74 Å². The second-order valence-corrected chi connectivity index (χ2v) is 9.50. The smallest absolute Gasteiger partial charge is 0.416 e. The summed E-state index contributed by atoms with van der Waals surface area (Å²) in [7, 11) is 0. The molecule has 1 aliphatic carbocycles. The lowest BCUT2D eigenvalue weighted by Crippen LogP contribution is -2.34. The highest BCUT2D eigenvalue weighted by atomic mass is 19.4. The molecule has 1 unspecified atom stereocenters. The van der Waals surface area contributed by atoms with Gasteiger partial charge in [0.25, 0.3) is 0 Å². The summed E-state index contributed by atoms with van der Waals surface area (Å²) in [5.41, 5.74) is 2.14. The molecule has 0 aromatic heterocycles. The molecule has 3 nitrogen and oxygen atoms in total. The maximum atomic E-state index is 13.4. The number of benzene rings is 2. The van der Waals surface area contributed by atoms with E-state index in [1.165, 1.54) is 36.1 Å². The molecular weight excluding hydrogens is 453 g/mol. The number of halogens is 3. The molecular formula is C29H35F3O3. The fourth-order valence-corrected chi connectivity index (χ4v) is 4.99. The highest BCUT2D eigenvalue weighted by Crippen LogP contribution is 2.38. The van der Waals surface area contributed by atoms with Crippen molar-refractivity contribution in [1.82, 2.24) is 0 Å². The van der Waals surface area contributed by atoms with Gasteiger partial charge in [0.1, 0.15) is 5.92 Å². The monoisotopic (exact) mass is 488 g/mol. The number of ether oxygens (including phenoxy) is 1. The fraction of sp³-hybridized carbons (Fsp3) is 0.517. The van der Waals surface area contributed by atoms with Crippen molar-refractivity contribution in [2.45, 2.75) is 77.3 Å². The van der Waals surface area contributed by atoms with Gasteiger partial charge in [0.05, 0.1) is 12.2 Å². The molecule has 0 amide bonds. The molecule has 1 aliphatic rings. The van der Waals surface area contributed by atoms with Crippen molar-refractivity contribution in [2.75, 3.05) is 6.61 Å². The number of esters is 1. The molecule has 0 spiro atoms. The number of ketones is 1. The Labute approximate surface area is 206 Å². The first-order valence-electron chi connectivity index (χ1n) is 12.7. The normalized spacial score (nSPS) is 19.2. The van der Waals surface area contributed by atoms with E-state index in [-0.39, 0.29) is 24.7 Å². The van der Waals surface area contributed by atoms with Crippen LogP contribution >= 0.6 is 0 Å². The van der Waals surface area contributed by atoms with Gasteiger partial charge >= 0.3 is 12.1 Å². The summed E-state index contributed by atoms with van der Waals surface area (Å²) in [5.74, 6) is -1.86. The Balaban J connectivity index is 1.66. The zero-order valence-electron chi connectivity index (χ0n) is 20.6. The van der Waals surface area contributed by atoms with E-state index in [1.807, 2.05) is 0 Å². The maximum Gasteiger partial charge on any atom is 0.416 e. The summed E-state index contributed by atoms with van der Waals surface area (Å²) in [6.45, 7) is 3.95. The van der Waals surface area contributed by atoms with Crippen LogP contribution in [0.4, 0.5) is 13.2 Å². The molecule has 0 saturated heterocycles. The minimum Gasteiger partial charge on any atom is -0.465 e. The van der Waals surface area contributed by atoms with E-state index >= 15 is 0 Å². The van der Waals surface area contributed by atoms with Crippen molar-refractivity contribution in [3.05, 3.63) is 70.8 Å². The molecule has 2 aromatic carbocycles. The maximum absolute atomic E-state index is 13.4. The molecule has 1 atom stereocenters. The molecule has 6 heteroatoms. The highest BCUT2D eigenvalue weighted by molar-refractivity contribution is 6.00. The standard InChI is InChI=1S/C29H35F3O3/c1-3-5-7-20-10-12-22(13-11-20)23-14-16-24(17-15-23)27(33)26(28(34)35-4-2)19-21-8-6-9-25(18-21)29(30,31)32/h6,8-13,18,23-24,26H,3-5,7,14-17,19H2,1-2H3. The van der Waals surface area contributed by atoms with Gasteiger partial charge in [-0.25, -0.2) is 0 Å². The van der Waals surface area contributed by atoms with Gasteiger partial charge in [0.2, 0.25) is 0 Å². The fourth-order valence-electron chi connectivity index (χ4n) is 4.99. The zero-order chi connectivity index (χ0) is 25.4. The van der Waals surface area contributed by atoms with Crippen LogP contribution in [0.5, 0.6) is 0 Å². The van der Waals surface area contributed by atoms with Crippen molar-refractivity contribution in [3.63, 3.8) is 0 Å². The summed E-state index contributed by atoms with van der Waals surface area (Å²) in [4.78, 5) is 26.0. The molecule has 0 N–H and O–H groups in total. The van der Waals surface area contributed by atoms with Crippen LogP contribution in [0.3, 0.4) is 0 Å². The number of carbonyl (C=O) groups excluding carboxylic acids is 2. The van der Waals surface area contributed by atoms with Crippen molar-refractivity contribution in [1.29, 1.82) is 0 Å². The molecule has 0 heterocycles. The summed E-state index contributed by atoms with van der Waals surface area (Å²) in [6, 6.07) is 13.6. The predicted octanol–water partition coefficient (Wildman–Crippen LogP) is 7.31. The van der Waals surface area contributed by atoms with Crippen LogP contribution in [0.1, 0.15) is 80.5 Å². The van der Waals surface area contributed by atoms with E-state index in [9.17, 15) is 22.8 Å². The summed E-state index contributed by atoms with van der Waals surface area (Å²) in [6.07, 6.45) is 1.90. The predicted molar refractivity (Wildman–Crippen MR) is 130 cm³/mol. The van der Waals surface area contributed by atoms with E-state index in [1.54, 1.807) is 6.92 Å². The first-order chi connectivity index (χ1) is 16.7. The molecule has 0 radical (unpaired) electrons. The van der Waals surface area contributed by atoms with Crippen molar-refractivity contribution in [2.24, 2.45) is 11.8 Å². The van der Waals surface area contributed by atoms with Gasteiger partial charge in [-0.1, -0.05) is 55.8 Å². The average Bonchev–Trinajstić information content (AvgIpc) is 2.86. The number of carbonyl (C=O) groups is 2. The van der Waals surface area contributed by atoms with Crippen molar-refractivity contribution >= 4 is 11.8 Å². The Morgan fingerprint density at radius 3 is 2.26 bits per heavy atom. The van der Waals surface area contributed by atoms with Gasteiger partial charge in [0.15, 0.2) is 5.78 Å². The molecule has 2 aromatic rings. The van der Waals surface area contributed by atoms with Gasteiger partial charge in [-0.05, 0) is 80.5 Å². The lowest BCUT2D eigenvalue weighted by molar-refractivity contribution is -0.152. The lowest BCUT2D eigenvalue weighted by Gasteiger charge is -2.30. The molecule has 1 saturated carbocycles. The van der Waals surface area contributed by atoms with Gasteiger partial charge in [-0.2, -0.15) is 13.2 Å². The van der Waals surface area contributed by atoms with Gasteiger partial charge in [-0.3, -0.25) is 9.59 Å². The number of hydrogen-bond donors (Lipinski definition) is 0. The third-order valence-corrected chi connectivity index (χ3v) is 7.01. The van der Waals surface area contributed by atoms with Crippen molar-refractivity contribution in [3.8, 4) is 0 Å². The number of aryl methyl sites for hydroxylation is 1. The SMILES string of the molecule is CCCCc1ccc(C2CCC(C(=O)C(Cc3cccc(C(F)(F)F)c3)C(=O)OCC)CC2)cc1. The minimum absolute atomic E-state index is 0.0826. The molecule has 3 rings (SSSR count). The lowest BCUT2D eigenvalue weighted by atomic mass is 9.74.